The topological polar surface area (TPSA) is 121 Å². The predicted octanol–water partition coefficient (Wildman–Crippen LogP) is 0.285. The van der Waals surface area contributed by atoms with Crippen molar-refractivity contribution in [3.63, 3.8) is 0 Å². The number of pyridine rings is 1. The van der Waals surface area contributed by atoms with Crippen molar-refractivity contribution >= 4 is 18.0 Å². The lowest BCUT2D eigenvalue weighted by Crippen LogP contribution is -2.45. The Kier molecular flexibility index (Phi) is 7.92. The van der Waals surface area contributed by atoms with Crippen LogP contribution in [0, 0.1) is 0 Å². The molecule has 0 spiro atoms. The molecule has 0 saturated carbocycles. The van der Waals surface area contributed by atoms with E-state index in [4.69, 9.17) is 5.84 Å². The van der Waals surface area contributed by atoms with Gasteiger partial charge in [0.25, 0.3) is 0 Å². The van der Waals surface area contributed by atoms with E-state index < -0.39 is 6.04 Å². The lowest BCUT2D eigenvalue weighted by Gasteiger charge is -2.14. The van der Waals surface area contributed by atoms with Crippen LogP contribution in [0.3, 0.4) is 0 Å². The number of nitrogens with two attached hydrogens (primary N) is 1. The summed E-state index contributed by atoms with van der Waals surface area (Å²) in [4.78, 5) is 27.9. The first-order chi connectivity index (χ1) is 13.1. The van der Waals surface area contributed by atoms with Gasteiger partial charge in [-0.15, -0.1) is 0 Å². The summed E-state index contributed by atoms with van der Waals surface area (Å²) in [6, 6.07) is 10.9. The smallest absolute Gasteiger partial charge is 0.239 e. The Morgan fingerprint density at radius 2 is 1.93 bits per heavy atom. The average molecular weight is 368 g/mol. The minimum atomic E-state index is -0.429. The van der Waals surface area contributed by atoms with Crippen molar-refractivity contribution in [1.29, 1.82) is 0 Å². The lowest BCUT2D eigenvalue weighted by molar-refractivity contribution is -0.127. The quantitative estimate of drug-likeness (QED) is 0.288. The maximum atomic E-state index is 12.1. The molecule has 5 N–H and O–H groups in total. The molecule has 1 aromatic carbocycles. The highest BCUT2D eigenvalue weighted by Gasteiger charge is 2.13. The molecule has 0 bridgehead atoms. The molecule has 1 unspecified atom stereocenters. The van der Waals surface area contributed by atoms with Gasteiger partial charge in [0, 0.05) is 25.5 Å². The number of carbonyl (C=O) groups excluding carboxylic acids is 2. The summed E-state index contributed by atoms with van der Waals surface area (Å²) in [5.41, 5.74) is 2.83. The Bertz CT molecular complexity index is 762. The van der Waals surface area contributed by atoms with Crippen molar-refractivity contribution in [2.75, 3.05) is 6.54 Å². The van der Waals surface area contributed by atoms with Crippen LogP contribution < -0.4 is 21.8 Å². The van der Waals surface area contributed by atoms with Gasteiger partial charge in [0.15, 0.2) is 0 Å². The molecule has 2 aromatic rings. The van der Waals surface area contributed by atoms with Gasteiger partial charge in [-0.1, -0.05) is 30.3 Å². The molecule has 2 rings (SSSR count). The number of benzene rings is 1. The molecule has 0 aliphatic carbocycles. The van der Waals surface area contributed by atoms with Crippen LogP contribution in [-0.4, -0.2) is 35.6 Å². The number of hydrazone groups is 1. The zero-order valence-corrected chi connectivity index (χ0v) is 15.2. The van der Waals surface area contributed by atoms with Gasteiger partial charge in [0.2, 0.25) is 11.8 Å². The standard InChI is InChI=1S/C19H24N6O2/c1-14(22-10-15-4-6-16(7-5-15)12-25-20)19(27)24-13-18(26)23-11-17-3-2-8-21-9-17/h2-9,12,14,22H,10-11,13,20H2,1H3,(H,23,26)(H,24,27). The van der Waals surface area contributed by atoms with Gasteiger partial charge in [-0.25, -0.2) is 0 Å². The SMILES string of the molecule is CC(NCc1ccc(C=NN)cc1)C(=O)NCC(=O)NCc1cccnc1. The Labute approximate surface area is 158 Å². The van der Waals surface area contributed by atoms with Crippen molar-refractivity contribution in [3.8, 4) is 0 Å². The van der Waals surface area contributed by atoms with Crippen LogP contribution in [0.25, 0.3) is 0 Å². The van der Waals surface area contributed by atoms with Crippen molar-refractivity contribution in [2.45, 2.75) is 26.1 Å². The predicted molar refractivity (Wildman–Crippen MR) is 104 cm³/mol. The van der Waals surface area contributed by atoms with Crippen LogP contribution in [0.15, 0.2) is 53.9 Å². The van der Waals surface area contributed by atoms with E-state index >= 15 is 0 Å². The van der Waals surface area contributed by atoms with Crippen LogP contribution in [0.2, 0.25) is 0 Å². The fraction of sp³-hybridized carbons (Fsp3) is 0.263. The minimum Gasteiger partial charge on any atom is -0.350 e. The van der Waals surface area contributed by atoms with E-state index in [1.165, 1.54) is 0 Å². The van der Waals surface area contributed by atoms with E-state index in [0.717, 1.165) is 16.7 Å². The van der Waals surface area contributed by atoms with Gasteiger partial charge >= 0.3 is 0 Å². The molecule has 0 aliphatic heterocycles. The third-order valence-corrected chi connectivity index (χ3v) is 3.84. The summed E-state index contributed by atoms with van der Waals surface area (Å²) in [6.07, 6.45) is 4.91. The molecule has 1 heterocycles. The minimum absolute atomic E-state index is 0.0712. The first-order valence-corrected chi connectivity index (χ1v) is 8.57. The molecule has 8 heteroatoms. The molecule has 0 saturated heterocycles. The van der Waals surface area contributed by atoms with E-state index in [1.807, 2.05) is 30.3 Å². The Morgan fingerprint density at radius 1 is 1.15 bits per heavy atom. The molecule has 0 aliphatic rings. The average Bonchev–Trinajstić information content (AvgIpc) is 2.70. The van der Waals surface area contributed by atoms with Gasteiger partial charge in [0.05, 0.1) is 18.8 Å². The largest absolute Gasteiger partial charge is 0.350 e. The van der Waals surface area contributed by atoms with Crippen LogP contribution in [0.1, 0.15) is 23.6 Å². The summed E-state index contributed by atoms with van der Waals surface area (Å²) >= 11 is 0. The van der Waals surface area contributed by atoms with Crippen LogP contribution >= 0.6 is 0 Å². The van der Waals surface area contributed by atoms with Gasteiger partial charge in [0.1, 0.15) is 0 Å². The van der Waals surface area contributed by atoms with E-state index in [-0.39, 0.29) is 18.4 Å². The summed E-state index contributed by atoms with van der Waals surface area (Å²) in [7, 11) is 0. The zero-order valence-electron chi connectivity index (χ0n) is 15.2. The fourth-order valence-corrected chi connectivity index (χ4v) is 2.26. The molecule has 2 amide bonds. The second kappa shape index (κ2) is 10.7. The normalized spacial score (nSPS) is 11.9. The fourth-order valence-electron chi connectivity index (χ4n) is 2.26. The molecule has 1 atom stereocenters. The van der Waals surface area contributed by atoms with Crippen molar-refractivity contribution in [2.24, 2.45) is 10.9 Å². The number of rotatable bonds is 9. The Morgan fingerprint density at radius 3 is 2.59 bits per heavy atom. The van der Waals surface area contributed by atoms with Gasteiger partial charge in [-0.05, 0) is 29.7 Å². The number of hydrogen-bond donors (Lipinski definition) is 4. The Balaban J connectivity index is 1.67. The summed E-state index contributed by atoms with van der Waals surface area (Å²) < 4.78 is 0. The number of carbonyl (C=O) groups is 2. The first kappa shape index (κ1) is 20.1. The number of nitrogens with zero attached hydrogens (tertiary/aromatic N) is 2. The van der Waals surface area contributed by atoms with Gasteiger partial charge in [-0.3, -0.25) is 14.6 Å². The third kappa shape index (κ3) is 7.25. The van der Waals surface area contributed by atoms with Gasteiger partial charge in [-0.2, -0.15) is 5.10 Å². The molecule has 8 nitrogen and oxygen atoms in total. The third-order valence-electron chi connectivity index (χ3n) is 3.84. The number of amides is 2. The molecule has 0 fully saturated rings. The zero-order chi connectivity index (χ0) is 19.5. The maximum absolute atomic E-state index is 12.1. The highest BCUT2D eigenvalue weighted by molar-refractivity contribution is 5.87. The first-order valence-electron chi connectivity index (χ1n) is 8.57. The number of hydrogen-bond acceptors (Lipinski definition) is 6. The second-order valence-corrected chi connectivity index (χ2v) is 5.98. The van der Waals surface area contributed by atoms with Crippen LogP contribution in [0.5, 0.6) is 0 Å². The molecule has 142 valence electrons. The highest BCUT2D eigenvalue weighted by Crippen LogP contribution is 2.02. The van der Waals surface area contributed by atoms with E-state index in [2.05, 4.69) is 26.0 Å². The summed E-state index contributed by atoms with van der Waals surface area (Å²) in [5.74, 6) is 4.62. The van der Waals surface area contributed by atoms with Crippen molar-refractivity contribution in [1.82, 2.24) is 20.9 Å². The number of nitrogens with one attached hydrogen (secondary N) is 3. The van der Waals surface area contributed by atoms with Crippen LogP contribution in [-0.2, 0) is 22.7 Å². The molecular weight excluding hydrogens is 344 g/mol. The number of aromatic nitrogens is 1. The molecular formula is C19H24N6O2. The second-order valence-electron chi connectivity index (χ2n) is 5.98. The summed E-state index contributed by atoms with van der Waals surface area (Å²) in [5, 5.41) is 11.9. The summed E-state index contributed by atoms with van der Waals surface area (Å²) in [6.45, 7) is 2.58. The van der Waals surface area contributed by atoms with E-state index in [0.29, 0.717) is 13.1 Å². The van der Waals surface area contributed by atoms with Crippen LogP contribution in [0.4, 0.5) is 0 Å². The monoisotopic (exact) mass is 368 g/mol. The van der Waals surface area contributed by atoms with Crippen molar-refractivity contribution < 1.29 is 9.59 Å². The Hall–Kier alpha value is -3.26. The lowest BCUT2D eigenvalue weighted by atomic mass is 10.1. The van der Waals surface area contributed by atoms with Gasteiger partial charge < -0.3 is 21.8 Å². The maximum Gasteiger partial charge on any atom is 0.239 e. The molecule has 0 radical (unpaired) electrons. The van der Waals surface area contributed by atoms with Crippen molar-refractivity contribution in [3.05, 3.63) is 65.5 Å². The van der Waals surface area contributed by atoms with E-state index in [1.54, 1.807) is 31.6 Å². The van der Waals surface area contributed by atoms with E-state index in [9.17, 15) is 9.59 Å². The highest BCUT2D eigenvalue weighted by atomic mass is 16.2. The molecule has 1 aromatic heterocycles. The molecule has 27 heavy (non-hydrogen) atoms.